The normalized spacial score (nSPS) is 23.2. The minimum atomic E-state index is -3.37. The Balaban J connectivity index is 1.73. The molecule has 0 aromatic heterocycles. The number of halogens is 1. The summed E-state index contributed by atoms with van der Waals surface area (Å²) in [4.78, 5) is 14.9. The first-order valence-electron chi connectivity index (χ1n) is 9.24. The van der Waals surface area contributed by atoms with Crippen molar-refractivity contribution in [2.45, 2.75) is 38.6 Å². The van der Waals surface area contributed by atoms with Gasteiger partial charge in [0.1, 0.15) is 0 Å². The number of anilines is 1. The molecule has 144 valence electrons. The lowest BCUT2D eigenvalue weighted by atomic mass is 10.1. The number of likely N-dealkylation sites (tertiary alicyclic amines) is 1. The predicted molar refractivity (Wildman–Crippen MR) is 104 cm³/mol. The highest BCUT2D eigenvalue weighted by atomic mass is 35.5. The quantitative estimate of drug-likeness (QED) is 0.825. The summed E-state index contributed by atoms with van der Waals surface area (Å²) in [5.41, 5.74) is 0.835. The van der Waals surface area contributed by atoms with E-state index in [-0.39, 0.29) is 11.7 Å². The summed E-state index contributed by atoms with van der Waals surface area (Å²) < 4.78 is 26.0. The van der Waals surface area contributed by atoms with Gasteiger partial charge in [-0.25, -0.2) is 8.42 Å². The summed E-state index contributed by atoms with van der Waals surface area (Å²) in [5.74, 6) is -0.0749. The minimum Gasteiger partial charge on any atom is -0.350 e. The van der Waals surface area contributed by atoms with Crippen LogP contribution in [0.4, 0.5) is 5.69 Å². The lowest BCUT2D eigenvalue weighted by molar-refractivity contribution is 0.0941. The first-order chi connectivity index (χ1) is 12.4. The van der Waals surface area contributed by atoms with E-state index in [1.165, 1.54) is 4.31 Å². The van der Waals surface area contributed by atoms with E-state index in [1.807, 2.05) is 0 Å². The second-order valence-corrected chi connectivity index (χ2v) is 9.32. The van der Waals surface area contributed by atoms with E-state index in [2.05, 4.69) is 17.1 Å². The number of benzene rings is 1. The monoisotopic (exact) mass is 399 g/mol. The molecule has 0 radical (unpaired) electrons. The molecule has 1 aromatic carbocycles. The molecule has 2 aliphatic heterocycles. The maximum atomic E-state index is 12.6. The van der Waals surface area contributed by atoms with E-state index in [9.17, 15) is 13.2 Å². The minimum absolute atomic E-state index is 0.119. The number of amides is 1. The molecule has 0 saturated carbocycles. The van der Waals surface area contributed by atoms with Crippen molar-refractivity contribution in [1.82, 2.24) is 10.2 Å². The van der Waals surface area contributed by atoms with Gasteiger partial charge in [0.15, 0.2) is 0 Å². The molecule has 1 aromatic rings. The molecule has 0 aliphatic carbocycles. The highest BCUT2D eigenvalue weighted by Crippen LogP contribution is 2.31. The second-order valence-electron chi connectivity index (χ2n) is 6.90. The van der Waals surface area contributed by atoms with Gasteiger partial charge >= 0.3 is 0 Å². The van der Waals surface area contributed by atoms with E-state index in [4.69, 9.17) is 11.6 Å². The van der Waals surface area contributed by atoms with Crippen LogP contribution >= 0.6 is 11.6 Å². The third kappa shape index (κ3) is 4.15. The van der Waals surface area contributed by atoms with Gasteiger partial charge in [-0.05, 0) is 57.0 Å². The average molecular weight is 400 g/mol. The Labute approximate surface area is 160 Å². The Bertz CT molecular complexity index is 769. The van der Waals surface area contributed by atoms with E-state index in [1.54, 1.807) is 18.2 Å². The van der Waals surface area contributed by atoms with Crippen LogP contribution in [-0.2, 0) is 10.0 Å². The van der Waals surface area contributed by atoms with Crippen LogP contribution in [-0.4, -0.2) is 57.2 Å². The first-order valence-corrected chi connectivity index (χ1v) is 11.2. The molecule has 8 heteroatoms. The lowest BCUT2D eigenvalue weighted by Gasteiger charge is -2.29. The van der Waals surface area contributed by atoms with Crippen molar-refractivity contribution in [3.63, 3.8) is 0 Å². The molecule has 6 nitrogen and oxygen atoms in total. The number of rotatable bonds is 5. The zero-order chi connectivity index (χ0) is 18.7. The summed E-state index contributed by atoms with van der Waals surface area (Å²) in [7, 11) is -3.37. The number of carbonyl (C=O) groups excluding carboxylic acids is 1. The highest BCUT2D eigenvalue weighted by Gasteiger charge is 2.28. The molecule has 0 unspecified atom stereocenters. The molecule has 2 fully saturated rings. The maximum Gasteiger partial charge on any atom is 0.251 e. The summed E-state index contributed by atoms with van der Waals surface area (Å²) in [6.45, 7) is 5.20. The topological polar surface area (TPSA) is 69.7 Å². The molecule has 1 atom stereocenters. The second kappa shape index (κ2) is 8.15. The molecule has 0 bridgehead atoms. The van der Waals surface area contributed by atoms with Gasteiger partial charge in [0, 0.05) is 24.7 Å². The Hall–Kier alpha value is -1.31. The van der Waals surface area contributed by atoms with Gasteiger partial charge in [-0.15, -0.1) is 0 Å². The van der Waals surface area contributed by atoms with Crippen molar-refractivity contribution in [1.29, 1.82) is 0 Å². The fourth-order valence-electron chi connectivity index (χ4n) is 3.76. The van der Waals surface area contributed by atoms with Gasteiger partial charge < -0.3 is 5.32 Å². The van der Waals surface area contributed by atoms with Crippen molar-refractivity contribution < 1.29 is 13.2 Å². The molecule has 1 N–H and O–H groups in total. The Morgan fingerprint density at radius 1 is 1.27 bits per heavy atom. The highest BCUT2D eigenvalue weighted by molar-refractivity contribution is 7.92. The Morgan fingerprint density at radius 3 is 2.81 bits per heavy atom. The molecular formula is C18H26ClN3O3S. The van der Waals surface area contributed by atoms with E-state index in [0.29, 0.717) is 41.8 Å². The summed E-state index contributed by atoms with van der Waals surface area (Å²) in [6.07, 6.45) is 3.70. The molecule has 26 heavy (non-hydrogen) atoms. The molecule has 0 spiro atoms. The Kier molecular flexibility index (Phi) is 6.10. The first kappa shape index (κ1) is 19.5. The fraction of sp³-hybridized carbons (Fsp3) is 0.611. The third-order valence-corrected chi connectivity index (χ3v) is 7.40. The molecule has 3 rings (SSSR count). The van der Waals surface area contributed by atoms with E-state index < -0.39 is 10.0 Å². The summed E-state index contributed by atoms with van der Waals surface area (Å²) in [5, 5.41) is 3.33. The van der Waals surface area contributed by atoms with Gasteiger partial charge in [0.2, 0.25) is 10.0 Å². The van der Waals surface area contributed by atoms with Crippen LogP contribution < -0.4 is 9.62 Å². The van der Waals surface area contributed by atoms with Gasteiger partial charge in [-0.3, -0.25) is 14.0 Å². The van der Waals surface area contributed by atoms with Gasteiger partial charge in [0.05, 0.1) is 16.5 Å². The SMILES string of the molecule is CCN1CCC[C@H]1CNC(=O)c1ccc(Cl)c(N2CCCCS2(=O)=O)c1. The van der Waals surface area contributed by atoms with Crippen molar-refractivity contribution in [2.24, 2.45) is 0 Å². The van der Waals surface area contributed by atoms with Crippen LogP contribution in [0.25, 0.3) is 0 Å². The van der Waals surface area contributed by atoms with Crippen LogP contribution in [0.3, 0.4) is 0 Å². The summed E-state index contributed by atoms with van der Waals surface area (Å²) in [6, 6.07) is 5.21. The average Bonchev–Trinajstić information content (AvgIpc) is 3.07. The van der Waals surface area contributed by atoms with Crippen LogP contribution in [0.5, 0.6) is 0 Å². The molecule has 1 amide bonds. The van der Waals surface area contributed by atoms with E-state index >= 15 is 0 Å². The van der Waals surface area contributed by atoms with Gasteiger partial charge in [-0.2, -0.15) is 0 Å². The Morgan fingerprint density at radius 2 is 2.08 bits per heavy atom. The van der Waals surface area contributed by atoms with E-state index in [0.717, 1.165) is 32.4 Å². The smallest absolute Gasteiger partial charge is 0.251 e. The fourth-order valence-corrected chi connectivity index (χ4v) is 5.68. The van der Waals surface area contributed by atoms with Crippen LogP contribution in [0.1, 0.15) is 43.0 Å². The number of hydrogen-bond donors (Lipinski definition) is 1. The molecule has 2 heterocycles. The number of hydrogen-bond acceptors (Lipinski definition) is 4. The maximum absolute atomic E-state index is 12.6. The molecule has 2 aliphatic rings. The van der Waals surface area contributed by atoms with Crippen LogP contribution in [0.2, 0.25) is 5.02 Å². The van der Waals surface area contributed by atoms with Crippen LogP contribution in [0.15, 0.2) is 18.2 Å². The van der Waals surface area contributed by atoms with Crippen molar-refractivity contribution >= 4 is 33.2 Å². The number of sulfonamides is 1. The molecular weight excluding hydrogens is 374 g/mol. The number of nitrogens with zero attached hydrogens (tertiary/aromatic N) is 2. The zero-order valence-electron chi connectivity index (χ0n) is 15.1. The third-order valence-electron chi connectivity index (χ3n) is 5.23. The molecule has 2 saturated heterocycles. The van der Waals surface area contributed by atoms with Crippen molar-refractivity contribution in [2.75, 3.05) is 36.2 Å². The zero-order valence-corrected chi connectivity index (χ0v) is 16.7. The number of likely N-dealkylation sites (N-methyl/N-ethyl adjacent to an activating group) is 1. The van der Waals surface area contributed by atoms with Crippen molar-refractivity contribution in [3.8, 4) is 0 Å². The number of carbonyl (C=O) groups is 1. The van der Waals surface area contributed by atoms with Gasteiger partial charge in [0.25, 0.3) is 5.91 Å². The predicted octanol–water partition coefficient (Wildman–Crippen LogP) is 2.48. The standard InChI is InChI=1S/C18H26ClN3O3S/c1-2-21-9-5-6-15(21)13-20-18(23)14-7-8-16(19)17(12-14)22-10-3-4-11-26(22,24)25/h7-8,12,15H,2-6,9-11,13H2,1H3,(H,20,23)/t15-/m0/s1. The number of nitrogens with one attached hydrogen (secondary N) is 1. The summed E-state index contributed by atoms with van der Waals surface area (Å²) >= 11 is 6.24. The van der Waals surface area contributed by atoms with Gasteiger partial charge in [-0.1, -0.05) is 18.5 Å². The van der Waals surface area contributed by atoms with Crippen LogP contribution in [0, 0.1) is 0 Å². The largest absolute Gasteiger partial charge is 0.350 e. The van der Waals surface area contributed by atoms with Crippen molar-refractivity contribution in [3.05, 3.63) is 28.8 Å². The lowest BCUT2D eigenvalue weighted by Crippen LogP contribution is -2.40.